The molecule has 2 rings (SSSR count). The molecule has 0 fully saturated rings. The Hall–Kier alpha value is -1.69. The highest BCUT2D eigenvalue weighted by atomic mass is 79.9. The van der Waals surface area contributed by atoms with E-state index in [-0.39, 0.29) is 11.6 Å². The normalized spacial score (nSPS) is 10.3. The predicted octanol–water partition coefficient (Wildman–Crippen LogP) is 2.57. The van der Waals surface area contributed by atoms with Crippen molar-refractivity contribution in [3.63, 3.8) is 0 Å². The number of hydrogen-bond donors (Lipinski definition) is 1. The number of nitrogens with zero attached hydrogens (tertiary/aromatic N) is 2. The average molecular weight is 298 g/mol. The number of aryl methyl sites for hydroxylation is 1. The van der Waals surface area contributed by atoms with E-state index in [9.17, 15) is 9.18 Å². The molecule has 0 aliphatic rings. The van der Waals surface area contributed by atoms with Crippen molar-refractivity contribution in [3.05, 3.63) is 46.4 Å². The molecule has 0 atom stereocenters. The first-order valence-corrected chi connectivity index (χ1v) is 5.60. The third-order valence-corrected chi connectivity index (χ3v) is 2.64. The van der Waals surface area contributed by atoms with Crippen LogP contribution in [-0.4, -0.2) is 15.7 Å². The molecule has 0 spiro atoms. The number of anilines is 1. The topological polar surface area (TPSA) is 46.9 Å². The molecule has 1 aromatic heterocycles. The first-order chi connectivity index (χ1) is 8.06. The number of benzene rings is 1. The quantitative estimate of drug-likeness (QED) is 0.926. The first kappa shape index (κ1) is 11.8. The van der Waals surface area contributed by atoms with Gasteiger partial charge >= 0.3 is 0 Å². The van der Waals surface area contributed by atoms with Gasteiger partial charge in [0, 0.05) is 17.7 Å². The SMILES string of the molecule is Cn1cc(C(=O)Nc2ccc(Br)cc2F)cn1. The Kier molecular flexibility index (Phi) is 3.23. The van der Waals surface area contributed by atoms with E-state index in [1.54, 1.807) is 19.3 Å². The summed E-state index contributed by atoms with van der Waals surface area (Å²) >= 11 is 3.14. The van der Waals surface area contributed by atoms with Gasteiger partial charge in [-0.05, 0) is 18.2 Å². The van der Waals surface area contributed by atoms with Gasteiger partial charge in [0.25, 0.3) is 5.91 Å². The van der Waals surface area contributed by atoms with Gasteiger partial charge in [0.1, 0.15) is 5.82 Å². The lowest BCUT2D eigenvalue weighted by atomic mass is 10.2. The maximum atomic E-state index is 13.5. The molecular formula is C11H9BrFN3O. The van der Waals surface area contributed by atoms with E-state index in [1.165, 1.54) is 23.0 Å². The number of hydrogen-bond acceptors (Lipinski definition) is 2. The van der Waals surface area contributed by atoms with Gasteiger partial charge in [-0.3, -0.25) is 9.48 Å². The van der Waals surface area contributed by atoms with E-state index in [4.69, 9.17) is 0 Å². The lowest BCUT2D eigenvalue weighted by molar-refractivity contribution is 0.102. The van der Waals surface area contributed by atoms with Crippen LogP contribution in [0.3, 0.4) is 0 Å². The molecule has 6 heteroatoms. The summed E-state index contributed by atoms with van der Waals surface area (Å²) in [5, 5.41) is 6.35. The molecule has 1 aromatic carbocycles. The zero-order chi connectivity index (χ0) is 12.4. The zero-order valence-corrected chi connectivity index (χ0v) is 10.5. The highest BCUT2D eigenvalue weighted by Gasteiger charge is 2.10. The van der Waals surface area contributed by atoms with Crippen molar-refractivity contribution in [1.82, 2.24) is 9.78 Å². The number of nitrogens with one attached hydrogen (secondary N) is 1. The second-order valence-corrected chi connectivity index (χ2v) is 4.40. The van der Waals surface area contributed by atoms with Crippen LogP contribution in [0.1, 0.15) is 10.4 Å². The van der Waals surface area contributed by atoms with Gasteiger partial charge < -0.3 is 5.32 Å². The molecule has 1 amide bonds. The van der Waals surface area contributed by atoms with Crippen LogP contribution in [0.25, 0.3) is 0 Å². The average Bonchev–Trinajstić information content (AvgIpc) is 2.69. The lowest BCUT2D eigenvalue weighted by Gasteiger charge is -2.04. The Bertz CT molecular complexity index is 568. The van der Waals surface area contributed by atoms with Gasteiger partial charge in [-0.2, -0.15) is 5.10 Å². The fourth-order valence-corrected chi connectivity index (χ4v) is 1.66. The van der Waals surface area contributed by atoms with Gasteiger partial charge in [0.2, 0.25) is 0 Å². The minimum Gasteiger partial charge on any atom is -0.319 e. The molecule has 17 heavy (non-hydrogen) atoms. The Labute approximate surface area is 106 Å². The summed E-state index contributed by atoms with van der Waals surface area (Å²) in [4.78, 5) is 11.7. The number of halogens is 2. The Morgan fingerprint density at radius 2 is 2.29 bits per heavy atom. The van der Waals surface area contributed by atoms with E-state index in [0.717, 1.165) is 0 Å². The van der Waals surface area contributed by atoms with Crippen molar-refractivity contribution in [2.45, 2.75) is 0 Å². The van der Waals surface area contributed by atoms with Gasteiger partial charge in [0.05, 0.1) is 17.4 Å². The Morgan fingerprint density at radius 3 is 2.88 bits per heavy atom. The molecule has 1 N–H and O–H groups in total. The minimum absolute atomic E-state index is 0.141. The van der Waals surface area contributed by atoms with E-state index in [0.29, 0.717) is 10.0 Å². The van der Waals surface area contributed by atoms with Crippen LogP contribution >= 0.6 is 15.9 Å². The molecule has 88 valence electrons. The summed E-state index contributed by atoms with van der Waals surface area (Å²) < 4.78 is 15.6. The summed E-state index contributed by atoms with van der Waals surface area (Å²) in [5.74, 6) is -0.879. The molecule has 0 aliphatic carbocycles. The van der Waals surface area contributed by atoms with Crippen molar-refractivity contribution in [1.29, 1.82) is 0 Å². The summed E-state index contributed by atoms with van der Waals surface area (Å²) in [5.41, 5.74) is 0.525. The summed E-state index contributed by atoms with van der Waals surface area (Å²) in [6.07, 6.45) is 2.98. The maximum Gasteiger partial charge on any atom is 0.258 e. The van der Waals surface area contributed by atoms with Gasteiger partial charge in [-0.25, -0.2) is 4.39 Å². The minimum atomic E-state index is -0.489. The number of amides is 1. The summed E-state index contributed by atoms with van der Waals surface area (Å²) in [7, 11) is 1.71. The molecule has 0 saturated carbocycles. The number of carbonyl (C=O) groups excluding carboxylic acids is 1. The van der Waals surface area contributed by atoms with Gasteiger partial charge in [-0.1, -0.05) is 15.9 Å². The van der Waals surface area contributed by atoms with Crippen LogP contribution in [0.5, 0.6) is 0 Å². The number of carbonyl (C=O) groups is 1. The van der Waals surface area contributed by atoms with Crippen LogP contribution in [0.2, 0.25) is 0 Å². The highest BCUT2D eigenvalue weighted by molar-refractivity contribution is 9.10. The molecule has 0 radical (unpaired) electrons. The van der Waals surface area contributed by atoms with E-state index < -0.39 is 5.82 Å². The molecule has 0 saturated heterocycles. The predicted molar refractivity (Wildman–Crippen MR) is 65.3 cm³/mol. The maximum absolute atomic E-state index is 13.5. The largest absolute Gasteiger partial charge is 0.319 e. The zero-order valence-electron chi connectivity index (χ0n) is 8.95. The molecule has 0 aliphatic heterocycles. The van der Waals surface area contributed by atoms with Gasteiger partial charge in [0.15, 0.2) is 0 Å². The standard InChI is InChI=1S/C11H9BrFN3O/c1-16-6-7(5-14-16)11(17)15-10-3-2-8(12)4-9(10)13/h2-6H,1H3,(H,15,17). The molecule has 4 nitrogen and oxygen atoms in total. The number of aromatic nitrogens is 2. The van der Waals surface area contributed by atoms with Gasteiger partial charge in [-0.15, -0.1) is 0 Å². The van der Waals surface area contributed by atoms with Crippen molar-refractivity contribution < 1.29 is 9.18 Å². The smallest absolute Gasteiger partial charge is 0.258 e. The highest BCUT2D eigenvalue weighted by Crippen LogP contribution is 2.19. The van der Waals surface area contributed by atoms with Crippen molar-refractivity contribution >= 4 is 27.5 Å². The second kappa shape index (κ2) is 4.67. The third kappa shape index (κ3) is 2.71. The van der Waals surface area contributed by atoms with Crippen molar-refractivity contribution in [3.8, 4) is 0 Å². The first-order valence-electron chi connectivity index (χ1n) is 4.81. The monoisotopic (exact) mass is 297 g/mol. The number of rotatable bonds is 2. The Morgan fingerprint density at radius 1 is 1.53 bits per heavy atom. The van der Waals surface area contributed by atoms with Crippen LogP contribution in [0.4, 0.5) is 10.1 Å². The second-order valence-electron chi connectivity index (χ2n) is 3.48. The van der Waals surface area contributed by atoms with E-state index in [1.807, 2.05) is 0 Å². The molecule has 0 unspecified atom stereocenters. The fourth-order valence-electron chi connectivity index (χ4n) is 1.32. The Balaban J connectivity index is 2.18. The van der Waals surface area contributed by atoms with Crippen LogP contribution in [-0.2, 0) is 7.05 Å². The molecule has 2 aromatic rings. The van der Waals surface area contributed by atoms with E-state index in [2.05, 4.69) is 26.3 Å². The molecular weight excluding hydrogens is 289 g/mol. The summed E-state index contributed by atoms with van der Waals surface area (Å²) in [6.45, 7) is 0. The van der Waals surface area contributed by atoms with E-state index >= 15 is 0 Å². The summed E-state index contributed by atoms with van der Waals surface area (Å²) in [6, 6.07) is 4.44. The van der Waals surface area contributed by atoms with Crippen LogP contribution in [0.15, 0.2) is 35.1 Å². The van der Waals surface area contributed by atoms with Crippen molar-refractivity contribution in [2.75, 3.05) is 5.32 Å². The van der Waals surface area contributed by atoms with Crippen LogP contribution < -0.4 is 5.32 Å². The van der Waals surface area contributed by atoms with Crippen LogP contribution in [0, 0.1) is 5.82 Å². The lowest BCUT2D eigenvalue weighted by Crippen LogP contribution is -2.12. The molecule has 0 bridgehead atoms. The fraction of sp³-hybridized carbons (Fsp3) is 0.0909. The third-order valence-electron chi connectivity index (χ3n) is 2.15. The van der Waals surface area contributed by atoms with Crippen molar-refractivity contribution in [2.24, 2.45) is 7.05 Å². The molecule has 1 heterocycles.